The van der Waals surface area contributed by atoms with Gasteiger partial charge in [0.25, 0.3) is 0 Å². The third kappa shape index (κ3) is 23.9. The number of rotatable bonds is 35. The van der Waals surface area contributed by atoms with Crippen LogP contribution in [-0.2, 0) is 23.9 Å². The van der Waals surface area contributed by atoms with Gasteiger partial charge in [-0.15, -0.1) is 0 Å². The fraction of sp³-hybridized carbons (Fsp3) is 0.894. The Morgan fingerprint density at radius 3 is 1.87 bits per heavy atom. The second kappa shape index (κ2) is 29.7. The first kappa shape index (κ1) is 49.5. The normalized spacial score (nSPS) is 17.0. The monoisotopic (exact) mass is 746 g/mol. The van der Waals surface area contributed by atoms with Gasteiger partial charge in [0.1, 0.15) is 11.9 Å². The summed E-state index contributed by atoms with van der Waals surface area (Å²) in [6.07, 6.45) is 31.6. The summed E-state index contributed by atoms with van der Waals surface area (Å²) in [4.78, 5) is 40.3. The fourth-order valence-electron chi connectivity index (χ4n) is 7.51. The number of nitrogens with zero attached hydrogens (tertiary/aromatic N) is 1. The number of carbonyl (C=O) groups is 3. The standard InChI is InChI=1S/C47H87NO5/c1-9-12-15-17-22-29-44(30-23-18-16-13-10-2)53-45(51)47(7,8)34-24-19-20-27-36-52-39-42-37-41(31-32-43(50)28-21-14-11-3)38-48(42)35-26-25-33-46(5,6)40(4)49/h31-32,41-42,44H,9-30,33-39H2,1-8H3/t41-,42-/m0/s1. The molecule has 6 nitrogen and oxygen atoms in total. The molecule has 0 aromatic carbocycles. The van der Waals surface area contributed by atoms with E-state index >= 15 is 0 Å². The van der Waals surface area contributed by atoms with E-state index in [1.807, 2.05) is 6.08 Å². The Hall–Kier alpha value is -1.53. The van der Waals surface area contributed by atoms with E-state index in [-0.39, 0.29) is 29.1 Å². The Balaban J connectivity index is 2.49. The number of likely N-dealkylation sites (tertiary alicyclic amines) is 1. The number of hydrogen-bond donors (Lipinski definition) is 0. The van der Waals surface area contributed by atoms with Gasteiger partial charge in [0.05, 0.1) is 12.0 Å². The van der Waals surface area contributed by atoms with Gasteiger partial charge in [0.15, 0.2) is 5.78 Å². The molecular weight excluding hydrogens is 659 g/mol. The molecule has 1 aliphatic rings. The highest BCUT2D eigenvalue weighted by Crippen LogP contribution is 2.30. The molecule has 310 valence electrons. The number of Topliss-reactive ketones (excluding diaryl/α,β-unsaturated/α-hetero) is 1. The lowest BCUT2D eigenvalue weighted by Crippen LogP contribution is -2.34. The van der Waals surface area contributed by atoms with Crippen LogP contribution in [0.15, 0.2) is 12.2 Å². The van der Waals surface area contributed by atoms with Crippen molar-refractivity contribution in [2.24, 2.45) is 16.7 Å². The van der Waals surface area contributed by atoms with E-state index in [0.29, 0.717) is 18.4 Å². The van der Waals surface area contributed by atoms with Crippen LogP contribution in [0.2, 0.25) is 0 Å². The zero-order valence-electron chi connectivity index (χ0n) is 36.4. The van der Waals surface area contributed by atoms with Crippen LogP contribution >= 0.6 is 0 Å². The van der Waals surface area contributed by atoms with Crippen LogP contribution in [-0.4, -0.2) is 60.9 Å². The maximum absolute atomic E-state index is 13.3. The lowest BCUT2D eigenvalue weighted by Gasteiger charge is -2.27. The summed E-state index contributed by atoms with van der Waals surface area (Å²) in [6, 6.07) is 0.365. The van der Waals surface area contributed by atoms with Crippen LogP contribution in [0.3, 0.4) is 0 Å². The highest BCUT2D eigenvalue weighted by Gasteiger charge is 2.32. The van der Waals surface area contributed by atoms with Crippen molar-refractivity contribution in [3.05, 3.63) is 12.2 Å². The predicted octanol–water partition coefficient (Wildman–Crippen LogP) is 12.8. The van der Waals surface area contributed by atoms with Gasteiger partial charge in [-0.2, -0.15) is 0 Å². The third-order valence-electron chi connectivity index (χ3n) is 11.8. The molecule has 0 spiro atoms. The van der Waals surface area contributed by atoms with Crippen LogP contribution in [0.1, 0.15) is 216 Å². The number of esters is 1. The molecular formula is C47H87NO5. The molecule has 0 aromatic heterocycles. The molecule has 0 N–H and O–H groups in total. The first-order chi connectivity index (χ1) is 25.4. The molecule has 0 radical (unpaired) electrons. The predicted molar refractivity (Wildman–Crippen MR) is 224 cm³/mol. The quantitative estimate of drug-likeness (QED) is 0.0365. The average Bonchev–Trinajstić information content (AvgIpc) is 3.51. The fourth-order valence-corrected chi connectivity index (χ4v) is 7.51. The molecule has 1 fully saturated rings. The topological polar surface area (TPSA) is 72.9 Å². The van der Waals surface area contributed by atoms with E-state index < -0.39 is 5.41 Å². The SMILES string of the molecule is CCCCCCCC(CCCCCCC)OC(=O)C(C)(C)CCCCCCOC[C@@H]1C[C@H](C=CC(=O)CCCCC)CN1CCCCC(C)(C)C(C)=O. The van der Waals surface area contributed by atoms with Crippen LogP contribution in [0.4, 0.5) is 0 Å². The minimum absolute atomic E-state index is 0.00867. The van der Waals surface area contributed by atoms with Crippen molar-refractivity contribution >= 4 is 17.5 Å². The minimum atomic E-state index is -0.446. The summed E-state index contributed by atoms with van der Waals surface area (Å²) < 4.78 is 12.5. The van der Waals surface area contributed by atoms with Crippen LogP contribution in [0.5, 0.6) is 0 Å². The second-order valence-corrected chi connectivity index (χ2v) is 17.9. The van der Waals surface area contributed by atoms with Gasteiger partial charge in [-0.1, -0.05) is 131 Å². The lowest BCUT2D eigenvalue weighted by molar-refractivity contribution is -0.161. The molecule has 0 unspecified atom stereocenters. The highest BCUT2D eigenvalue weighted by molar-refractivity contribution is 5.89. The molecule has 1 heterocycles. The number of ketones is 2. The summed E-state index contributed by atoms with van der Waals surface area (Å²) in [5.74, 6) is 0.891. The highest BCUT2D eigenvalue weighted by atomic mass is 16.5. The summed E-state index contributed by atoms with van der Waals surface area (Å²) in [7, 11) is 0. The van der Waals surface area contributed by atoms with Gasteiger partial charge in [0, 0.05) is 31.0 Å². The zero-order chi connectivity index (χ0) is 39.4. The third-order valence-corrected chi connectivity index (χ3v) is 11.8. The van der Waals surface area contributed by atoms with Crippen molar-refractivity contribution in [1.29, 1.82) is 0 Å². The van der Waals surface area contributed by atoms with Gasteiger partial charge in [-0.3, -0.25) is 19.3 Å². The van der Waals surface area contributed by atoms with Crippen molar-refractivity contribution in [2.45, 2.75) is 228 Å². The summed E-state index contributed by atoms with van der Waals surface area (Å²) in [6.45, 7) is 20.1. The van der Waals surface area contributed by atoms with Gasteiger partial charge in [0.2, 0.25) is 0 Å². The van der Waals surface area contributed by atoms with Crippen molar-refractivity contribution in [1.82, 2.24) is 4.90 Å². The first-order valence-corrected chi connectivity index (χ1v) is 22.6. The molecule has 1 rings (SSSR count). The molecule has 1 saturated heterocycles. The average molecular weight is 746 g/mol. The molecule has 0 amide bonds. The molecule has 6 heteroatoms. The van der Waals surface area contributed by atoms with E-state index in [1.54, 1.807) is 6.92 Å². The molecule has 1 aliphatic heterocycles. The van der Waals surface area contributed by atoms with E-state index in [2.05, 4.69) is 59.4 Å². The summed E-state index contributed by atoms with van der Waals surface area (Å²) in [5, 5.41) is 0. The van der Waals surface area contributed by atoms with Crippen molar-refractivity contribution < 1.29 is 23.9 Å². The molecule has 53 heavy (non-hydrogen) atoms. The minimum Gasteiger partial charge on any atom is -0.462 e. The van der Waals surface area contributed by atoms with Crippen LogP contribution in [0, 0.1) is 16.7 Å². The zero-order valence-corrected chi connectivity index (χ0v) is 36.4. The van der Waals surface area contributed by atoms with Crippen LogP contribution in [0.25, 0.3) is 0 Å². The van der Waals surface area contributed by atoms with Gasteiger partial charge >= 0.3 is 5.97 Å². The Bertz CT molecular complexity index is 973. The van der Waals surface area contributed by atoms with Crippen LogP contribution < -0.4 is 0 Å². The molecule has 0 aliphatic carbocycles. The Morgan fingerprint density at radius 2 is 1.25 bits per heavy atom. The Morgan fingerprint density at radius 1 is 0.698 bits per heavy atom. The number of ether oxygens (including phenoxy) is 2. The maximum Gasteiger partial charge on any atom is 0.311 e. The molecule has 2 atom stereocenters. The van der Waals surface area contributed by atoms with Gasteiger partial charge in [-0.05, 0) is 104 Å². The molecule has 0 aromatic rings. The van der Waals surface area contributed by atoms with Crippen molar-refractivity contribution in [2.75, 3.05) is 26.3 Å². The number of allylic oxidation sites excluding steroid dienone is 1. The number of unbranched alkanes of at least 4 members (excludes halogenated alkanes) is 14. The van der Waals surface area contributed by atoms with E-state index in [0.717, 1.165) is 129 Å². The number of carbonyl (C=O) groups excluding carboxylic acids is 3. The summed E-state index contributed by atoms with van der Waals surface area (Å²) >= 11 is 0. The number of hydrogen-bond acceptors (Lipinski definition) is 6. The van der Waals surface area contributed by atoms with Gasteiger partial charge < -0.3 is 9.47 Å². The lowest BCUT2D eigenvalue weighted by atomic mass is 9.83. The Kier molecular flexibility index (Phi) is 27.7. The smallest absolute Gasteiger partial charge is 0.311 e. The Labute approximate surface area is 328 Å². The molecule has 0 saturated carbocycles. The van der Waals surface area contributed by atoms with E-state index in [1.165, 1.54) is 51.4 Å². The largest absolute Gasteiger partial charge is 0.462 e. The van der Waals surface area contributed by atoms with Crippen molar-refractivity contribution in [3.63, 3.8) is 0 Å². The van der Waals surface area contributed by atoms with E-state index in [9.17, 15) is 14.4 Å². The maximum atomic E-state index is 13.3. The molecule has 0 bridgehead atoms. The van der Waals surface area contributed by atoms with E-state index in [4.69, 9.17) is 9.47 Å². The van der Waals surface area contributed by atoms with Crippen molar-refractivity contribution in [3.8, 4) is 0 Å². The second-order valence-electron chi connectivity index (χ2n) is 17.9. The first-order valence-electron chi connectivity index (χ1n) is 22.6. The summed E-state index contributed by atoms with van der Waals surface area (Å²) in [5.41, 5.74) is -0.697. The van der Waals surface area contributed by atoms with Gasteiger partial charge in [-0.25, -0.2) is 0 Å².